The number of hydrazine groups is 1. The molecule has 6 heteroatoms. The van der Waals surface area contributed by atoms with Gasteiger partial charge in [0.15, 0.2) is 0 Å². The highest BCUT2D eigenvalue weighted by Gasteiger charge is 2.17. The number of aromatic nitrogens is 1. The molecule has 1 aromatic carbocycles. The first-order valence-corrected chi connectivity index (χ1v) is 6.38. The van der Waals surface area contributed by atoms with E-state index in [9.17, 15) is 4.39 Å². The van der Waals surface area contributed by atoms with E-state index in [4.69, 9.17) is 29.0 Å². The fourth-order valence-corrected chi connectivity index (χ4v) is 2.27. The van der Waals surface area contributed by atoms with Gasteiger partial charge in [-0.1, -0.05) is 35.3 Å². The van der Waals surface area contributed by atoms with Crippen molar-refractivity contribution in [2.75, 3.05) is 0 Å². The smallest absolute Gasteiger partial charge is 0.142 e. The Morgan fingerprint density at radius 1 is 1.26 bits per heavy atom. The highest BCUT2D eigenvalue weighted by molar-refractivity contribution is 6.31. The maximum atomic E-state index is 13.4. The van der Waals surface area contributed by atoms with Crippen LogP contribution >= 0.6 is 23.2 Å². The van der Waals surface area contributed by atoms with Crippen molar-refractivity contribution >= 4 is 23.2 Å². The second kappa shape index (κ2) is 6.30. The number of hydrogen-bond donors (Lipinski definition) is 2. The lowest BCUT2D eigenvalue weighted by Crippen LogP contribution is -2.30. The molecule has 0 fully saturated rings. The molecule has 1 unspecified atom stereocenters. The van der Waals surface area contributed by atoms with E-state index in [1.165, 1.54) is 6.07 Å². The van der Waals surface area contributed by atoms with Gasteiger partial charge in [0.25, 0.3) is 0 Å². The van der Waals surface area contributed by atoms with Crippen LogP contribution in [-0.4, -0.2) is 4.98 Å². The predicted octanol–water partition coefficient (Wildman–Crippen LogP) is 3.27. The van der Waals surface area contributed by atoms with E-state index < -0.39 is 5.82 Å². The zero-order valence-corrected chi connectivity index (χ0v) is 11.4. The monoisotopic (exact) mass is 299 g/mol. The second-order valence-electron chi connectivity index (χ2n) is 4.01. The predicted molar refractivity (Wildman–Crippen MR) is 74.4 cm³/mol. The summed E-state index contributed by atoms with van der Waals surface area (Å²) in [6, 6.07) is 7.77. The third kappa shape index (κ3) is 3.22. The quantitative estimate of drug-likeness (QED) is 0.673. The Morgan fingerprint density at radius 3 is 2.74 bits per heavy atom. The van der Waals surface area contributed by atoms with Crippen LogP contribution in [0.15, 0.2) is 36.5 Å². The molecule has 1 atom stereocenters. The standard InChI is InChI=1S/C13H12Cl2FN3/c14-9-4-2-6-18-13(9)11(19-17)7-8-3-1-5-10(16)12(8)15/h1-6,11,19H,7,17H2. The maximum absolute atomic E-state index is 13.4. The zero-order valence-electron chi connectivity index (χ0n) is 9.91. The van der Waals surface area contributed by atoms with Crippen LogP contribution in [0.25, 0.3) is 0 Å². The maximum Gasteiger partial charge on any atom is 0.142 e. The Morgan fingerprint density at radius 2 is 2.05 bits per heavy atom. The lowest BCUT2D eigenvalue weighted by atomic mass is 10.0. The minimum absolute atomic E-state index is 0.0924. The van der Waals surface area contributed by atoms with E-state index in [1.807, 2.05) is 0 Å². The van der Waals surface area contributed by atoms with Gasteiger partial charge in [0.2, 0.25) is 0 Å². The van der Waals surface area contributed by atoms with Gasteiger partial charge in [-0.05, 0) is 30.2 Å². The van der Waals surface area contributed by atoms with E-state index in [2.05, 4.69) is 10.4 Å². The van der Waals surface area contributed by atoms with E-state index >= 15 is 0 Å². The summed E-state index contributed by atoms with van der Waals surface area (Å²) in [5, 5.41) is 0.591. The molecular formula is C13H12Cl2FN3. The molecule has 2 rings (SSSR count). The van der Waals surface area contributed by atoms with Crippen molar-refractivity contribution < 1.29 is 4.39 Å². The molecule has 0 bridgehead atoms. The fraction of sp³-hybridized carbons (Fsp3) is 0.154. The van der Waals surface area contributed by atoms with E-state index in [1.54, 1.807) is 30.5 Å². The molecule has 2 aromatic rings. The van der Waals surface area contributed by atoms with Gasteiger partial charge < -0.3 is 0 Å². The van der Waals surface area contributed by atoms with E-state index in [0.29, 0.717) is 22.7 Å². The van der Waals surface area contributed by atoms with Gasteiger partial charge in [-0.3, -0.25) is 16.3 Å². The molecule has 3 nitrogen and oxygen atoms in total. The normalized spacial score (nSPS) is 12.4. The molecule has 100 valence electrons. The molecule has 0 saturated heterocycles. The number of hydrogen-bond acceptors (Lipinski definition) is 3. The number of benzene rings is 1. The molecule has 0 aliphatic rings. The fourth-order valence-electron chi connectivity index (χ4n) is 1.81. The van der Waals surface area contributed by atoms with Gasteiger partial charge in [0.05, 0.1) is 21.8 Å². The molecule has 19 heavy (non-hydrogen) atoms. The Bertz CT molecular complexity index is 578. The van der Waals surface area contributed by atoms with Crippen molar-refractivity contribution in [2.24, 2.45) is 5.84 Å². The van der Waals surface area contributed by atoms with Crippen LogP contribution in [0.1, 0.15) is 17.3 Å². The average Bonchev–Trinajstić information content (AvgIpc) is 2.41. The van der Waals surface area contributed by atoms with Crippen LogP contribution in [0, 0.1) is 5.82 Å². The summed E-state index contributed by atoms with van der Waals surface area (Å²) in [4.78, 5) is 4.19. The first-order valence-electron chi connectivity index (χ1n) is 5.63. The largest absolute Gasteiger partial charge is 0.271 e. The minimum atomic E-state index is -0.456. The molecule has 1 heterocycles. The lowest BCUT2D eigenvalue weighted by Gasteiger charge is -2.17. The highest BCUT2D eigenvalue weighted by atomic mass is 35.5. The number of nitrogens with zero attached hydrogens (tertiary/aromatic N) is 1. The van der Waals surface area contributed by atoms with Crippen molar-refractivity contribution in [3.05, 3.63) is 63.6 Å². The van der Waals surface area contributed by atoms with Gasteiger partial charge in [-0.2, -0.15) is 0 Å². The summed E-state index contributed by atoms with van der Waals surface area (Å²) in [6.07, 6.45) is 2.02. The van der Waals surface area contributed by atoms with Crippen LogP contribution < -0.4 is 11.3 Å². The number of halogens is 3. The summed E-state index contributed by atoms with van der Waals surface area (Å²) in [5.41, 5.74) is 3.87. The highest BCUT2D eigenvalue weighted by Crippen LogP contribution is 2.27. The van der Waals surface area contributed by atoms with Crippen LogP contribution in [0.5, 0.6) is 0 Å². The number of pyridine rings is 1. The third-order valence-corrected chi connectivity index (χ3v) is 3.52. The van der Waals surface area contributed by atoms with Gasteiger partial charge in [-0.15, -0.1) is 0 Å². The number of nitrogens with one attached hydrogen (secondary N) is 1. The molecule has 0 aliphatic heterocycles. The molecule has 3 N–H and O–H groups in total. The third-order valence-electron chi connectivity index (χ3n) is 2.77. The summed E-state index contributed by atoms with van der Waals surface area (Å²) in [6.45, 7) is 0. The summed E-state index contributed by atoms with van der Waals surface area (Å²) >= 11 is 12.0. The Kier molecular flexibility index (Phi) is 4.71. The van der Waals surface area contributed by atoms with Crippen molar-refractivity contribution in [2.45, 2.75) is 12.5 Å². The van der Waals surface area contributed by atoms with E-state index in [0.717, 1.165) is 0 Å². The van der Waals surface area contributed by atoms with Crippen LogP contribution in [0.2, 0.25) is 10.0 Å². The molecule has 0 amide bonds. The first kappa shape index (κ1) is 14.2. The SMILES string of the molecule is NNC(Cc1cccc(F)c1Cl)c1ncccc1Cl. The molecule has 1 aromatic heterocycles. The molecule has 0 aliphatic carbocycles. The van der Waals surface area contributed by atoms with E-state index in [-0.39, 0.29) is 11.1 Å². The summed E-state index contributed by atoms with van der Waals surface area (Å²) < 4.78 is 13.4. The van der Waals surface area contributed by atoms with Gasteiger partial charge in [0, 0.05) is 6.20 Å². The minimum Gasteiger partial charge on any atom is -0.271 e. The average molecular weight is 300 g/mol. The Balaban J connectivity index is 2.30. The van der Waals surface area contributed by atoms with Gasteiger partial charge in [-0.25, -0.2) is 4.39 Å². The van der Waals surface area contributed by atoms with Gasteiger partial charge >= 0.3 is 0 Å². The Hall–Kier alpha value is -1.20. The lowest BCUT2D eigenvalue weighted by molar-refractivity contribution is 0.536. The molecule has 0 radical (unpaired) electrons. The molecule has 0 saturated carbocycles. The second-order valence-corrected chi connectivity index (χ2v) is 4.79. The van der Waals surface area contributed by atoms with Crippen LogP contribution in [0.3, 0.4) is 0 Å². The topological polar surface area (TPSA) is 50.9 Å². The zero-order chi connectivity index (χ0) is 13.8. The number of rotatable bonds is 4. The van der Waals surface area contributed by atoms with Crippen molar-refractivity contribution in [1.29, 1.82) is 0 Å². The van der Waals surface area contributed by atoms with Gasteiger partial charge in [0.1, 0.15) is 5.82 Å². The molecule has 0 spiro atoms. The number of nitrogens with two attached hydrogens (primary N) is 1. The Labute approximate surface area is 120 Å². The molecular weight excluding hydrogens is 288 g/mol. The van der Waals surface area contributed by atoms with Crippen molar-refractivity contribution in [3.63, 3.8) is 0 Å². The van der Waals surface area contributed by atoms with Crippen LogP contribution in [0.4, 0.5) is 4.39 Å². The first-order chi connectivity index (χ1) is 9.13. The summed E-state index contributed by atoms with van der Waals surface area (Å²) in [7, 11) is 0. The van der Waals surface area contributed by atoms with Crippen LogP contribution in [-0.2, 0) is 6.42 Å². The van der Waals surface area contributed by atoms with Crippen molar-refractivity contribution in [1.82, 2.24) is 10.4 Å². The van der Waals surface area contributed by atoms with Crippen molar-refractivity contribution in [3.8, 4) is 0 Å². The summed E-state index contributed by atoms with van der Waals surface area (Å²) in [5.74, 6) is 5.07.